The molecule has 0 saturated heterocycles. The fourth-order valence-electron chi connectivity index (χ4n) is 3.41. The van der Waals surface area contributed by atoms with Gasteiger partial charge in [0.15, 0.2) is 0 Å². The summed E-state index contributed by atoms with van der Waals surface area (Å²) >= 11 is 19.5. The Bertz CT molecular complexity index is 1090. The summed E-state index contributed by atoms with van der Waals surface area (Å²) in [6.07, 6.45) is 0.267. The first-order valence-electron chi connectivity index (χ1n) is 8.93. The predicted octanol–water partition coefficient (Wildman–Crippen LogP) is 7.45. The fraction of sp³-hybridized carbons (Fsp3) is 0.136. The molecule has 0 aromatic heterocycles. The van der Waals surface area contributed by atoms with E-state index in [9.17, 15) is 5.11 Å². The third-order valence-electron chi connectivity index (χ3n) is 4.84. The second kappa shape index (κ2) is 8.78. The summed E-state index contributed by atoms with van der Waals surface area (Å²) in [6.45, 7) is 0. The first kappa shape index (κ1) is 20.9. The summed E-state index contributed by atoms with van der Waals surface area (Å²) in [5.74, 6) is 0.240. The molecule has 29 heavy (non-hydrogen) atoms. The van der Waals surface area contributed by atoms with Gasteiger partial charge in [-0.2, -0.15) is 0 Å². The topological polar surface area (TPSA) is 44.6 Å². The number of nitrogens with one attached hydrogen (secondary N) is 1. The Kier molecular flexibility index (Phi) is 6.32. The Balaban J connectivity index is 1.79. The number of rotatable bonds is 3. The fourth-order valence-corrected chi connectivity index (χ4v) is 4.57. The van der Waals surface area contributed by atoms with E-state index in [1.807, 2.05) is 42.5 Å². The average Bonchev–Trinajstić information content (AvgIpc) is 2.70. The molecule has 3 nitrogen and oxygen atoms in total. The maximum Gasteiger partial charge on any atom is 0.127 e. The molecule has 0 fully saturated rings. The molecule has 0 radical (unpaired) electrons. The summed E-state index contributed by atoms with van der Waals surface area (Å²) in [5.41, 5.74) is 3.62. The molecule has 0 unspecified atom stereocenters. The van der Waals surface area contributed by atoms with E-state index in [0.29, 0.717) is 16.5 Å². The molecular formula is C22H16Br2Cl2N2O. The number of aromatic hydroxyl groups is 1. The summed E-state index contributed by atoms with van der Waals surface area (Å²) in [6, 6.07) is 18.8. The summed E-state index contributed by atoms with van der Waals surface area (Å²) in [5, 5.41) is 15.1. The van der Waals surface area contributed by atoms with E-state index in [4.69, 9.17) is 28.2 Å². The highest BCUT2D eigenvalue weighted by Crippen LogP contribution is 2.37. The largest absolute Gasteiger partial charge is 0.508 e. The van der Waals surface area contributed by atoms with Crippen molar-refractivity contribution in [1.82, 2.24) is 5.32 Å². The van der Waals surface area contributed by atoms with Crippen LogP contribution in [-0.2, 0) is 0 Å². The van der Waals surface area contributed by atoms with E-state index < -0.39 is 0 Å². The molecule has 2 N–H and O–H groups in total. The number of hydrogen-bond donors (Lipinski definition) is 2. The highest BCUT2D eigenvalue weighted by atomic mass is 79.9. The first-order chi connectivity index (χ1) is 13.9. The molecular weight excluding hydrogens is 539 g/mol. The van der Waals surface area contributed by atoms with Crippen molar-refractivity contribution in [2.45, 2.75) is 18.6 Å². The Labute approximate surface area is 196 Å². The molecule has 3 aromatic carbocycles. The van der Waals surface area contributed by atoms with E-state index in [2.05, 4.69) is 37.2 Å². The van der Waals surface area contributed by atoms with Crippen molar-refractivity contribution >= 4 is 60.8 Å². The average molecular weight is 555 g/mol. The number of halogens is 4. The van der Waals surface area contributed by atoms with Crippen molar-refractivity contribution in [1.29, 1.82) is 0 Å². The van der Waals surface area contributed by atoms with Crippen LogP contribution in [0.3, 0.4) is 0 Å². The molecule has 0 saturated carbocycles. The molecule has 2 atom stereocenters. The lowest BCUT2D eigenvalue weighted by Gasteiger charge is -2.31. The van der Waals surface area contributed by atoms with Crippen LogP contribution in [0.25, 0.3) is 0 Å². The van der Waals surface area contributed by atoms with Gasteiger partial charge < -0.3 is 5.11 Å². The van der Waals surface area contributed by atoms with Gasteiger partial charge in [0.25, 0.3) is 0 Å². The lowest BCUT2D eigenvalue weighted by atomic mass is 9.93. The maximum absolute atomic E-state index is 10.5. The number of phenolic OH excluding ortho intramolecular Hbond substituents is 1. The molecule has 0 spiro atoms. The molecule has 4 rings (SSSR count). The zero-order valence-electron chi connectivity index (χ0n) is 15.0. The molecule has 7 heteroatoms. The summed E-state index contributed by atoms with van der Waals surface area (Å²) < 4.78 is 1.91. The van der Waals surface area contributed by atoms with Crippen LogP contribution in [0.1, 0.15) is 35.3 Å². The van der Waals surface area contributed by atoms with Crippen molar-refractivity contribution in [3.05, 3.63) is 96.3 Å². The van der Waals surface area contributed by atoms with E-state index in [1.165, 1.54) is 0 Å². The number of benzene rings is 3. The van der Waals surface area contributed by atoms with Gasteiger partial charge in [0.1, 0.15) is 11.9 Å². The third kappa shape index (κ3) is 4.70. The van der Waals surface area contributed by atoms with E-state index in [0.717, 1.165) is 31.3 Å². The van der Waals surface area contributed by atoms with Gasteiger partial charge in [0.05, 0.1) is 0 Å². The van der Waals surface area contributed by atoms with Crippen molar-refractivity contribution in [3.8, 4) is 5.75 Å². The minimum Gasteiger partial charge on any atom is -0.508 e. The minimum atomic E-state index is -0.365. The molecule has 0 amide bonds. The molecule has 1 aliphatic heterocycles. The quantitative estimate of drug-likeness (QED) is 0.353. The molecule has 0 bridgehead atoms. The van der Waals surface area contributed by atoms with Gasteiger partial charge in [-0.1, -0.05) is 73.3 Å². The van der Waals surface area contributed by atoms with Crippen LogP contribution in [-0.4, -0.2) is 10.8 Å². The van der Waals surface area contributed by atoms with Crippen molar-refractivity contribution < 1.29 is 5.11 Å². The van der Waals surface area contributed by atoms with Crippen molar-refractivity contribution in [2.75, 3.05) is 0 Å². The number of nitrogens with zero attached hydrogens (tertiary/aromatic N) is 1. The van der Waals surface area contributed by atoms with Crippen LogP contribution in [0.5, 0.6) is 5.75 Å². The smallest absolute Gasteiger partial charge is 0.127 e. The van der Waals surface area contributed by atoms with Gasteiger partial charge in [-0.05, 0) is 48.0 Å². The van der Waals surface area contributed by atoms with E-state index in [1.54, 1.807) is 18.2 Å². The van der Waals surface area contributed by atoms with E-state index in [-0.39, 0.29) is 18.0 Å². The van der Waals surface area contributed by atoms with Crippen LogP contribution in [0.15, 0.2) is 74.6 Å². The van der Waals surface area contributed by atoms with Crippen LogP contribution in [0.2, 0.25) is 10.0 Å². The first-order valence-corrected chi connectivity index (χ1v) is 11.3. The molecule has 1 aliphatic rings. The Morgan fingerprint density at radius 2 is 1.62 bits per heavy atom. The molecule has 148 valence electrons. The standard InChI is InChI=1S/C22H16Br2Cl2N2O/c23-13-3-1-12(2-4-13)19-11-20(17-9-14(24)5-8-21(17)29)28-22(27-19)16-7-6-15(25)10-18(16)26/h1-10,20,22,28-29H,11H2/t20-,22-/m1/s1. The highest BCUT2D eigenvalue weighted by Gasteiger charge is 2.28. The minimum absolute atomic E-state index is 0.139. The third-order valence-corrected chi connectivity index (χ3v) is 6.43. The Hall–Kier alpha value is -1.37. The lowest BCUT2D eigenvalue weighted by Crippen LogP contribution is -2.33. The van der Waals surface area contributed by atoms with Crippen molar-refractivity contribution in [2.24, 2.45) is 4.99 Å². The molecule has 1 heterocycles. The number of phenols is 1. The molecule has 3 aromatic rings. The van der Waals surface area contributed by atoms with Gasteiger partial charge in [0.2, 0.25) is 0 Å². The zero-order valence-corrected chi connectivity index (χ0v) is 19.7. The van der Waals surface area contributed by atoms with Gasteiger partial charge in [0, 0.05) is 48.3 Å². The Morgan fingerprint density at radius 1 is 0.897 bits per heavy atom. The maximum atomic E-state index is 10.5. The number of hydrogen-bond acceptors (Lipinski definition) is 3. The SMILES string of the molecule is Oc1ccc(Br)cc1[C@H]1CC(c2ccc(Br)cc2)=N[C@@H](c2ccc(Cl)cc2Cl)N1. The van der Waals surface area contributed by atoms with Crippen molar-refractivity contribution in [3.63, 3.8) is 0 Å². The van der Waals surface area contributed by atoms with Crippen LogP contribution < -0.4 is 5.32 Å². The highest BCUT2D eigenvalue weighted by molar-refractivity contribution is 9.10. The monoisotopic (exact) mass is 552 g/mol. The number of aliphatic imine (C=N–C) groups is 1. The molecule has 0 aliphatic carbocycles. The normalized spacial score (nSPS) is 19.1. The van der Waals surface area contributed by atoms with Crippen LogP contribution >= 0.6 is 55.1 Å². The lowest BCUT2D eigenvalue weighted by molar-refractivity contribution is 0.412. The Morgan fingerprint density at radius 3 is 2.34 bits per heavy atom. The second-order valence-corrected chi connectivity index (χ2v) is 9.45. The summed E-state index contributed by atoms with van der Waals surface area (Å²) in [4.78, 5) is 4.94. The predicted molar refractivity (Wildman–Crippen MR) is 126 cm³/mol. The second-order valence-electron chi connectivity index (χ2n) is 6.78. The van der Waals surface area contributed by atoms with Crippen LogP contribution in [0, 0.1) is 0 Å². The van der Waals surface area contributed by atoms with E-state index >= 15 is 0 Å². The van der Waals surface area contributed by atoms with Gasteiger partial charge in [-0.25, -0.2) is 0 Å². The van der Waals surface area contributed by atoms with Crippen LogP contribution in [0.4, 0.5) is 0 Å². The van der Waals surface area contributed by atoms with Gasteiger partial charge in [-0.3, -0.25) is 10.3 Å². The van der Waals surface area contributed by atoms with Gasteiger partial charge in [-0.15, -0.1) is 0 Å². The van der Waals surface area contributed by atoms with Gasteiger partial charge >= 0.3 is 0 Å². The summed E-state index contributed by atoms with van der Waals surface area (Å²) in [7, 11) is 0. The zero-order chi connectivity index (χ0) is 20.5.